The second-order valence-corrected chi connectivity index (χ2v) is 2.89. The van der Waals surface area contributed by atoms with Gasteiger partial charge in [0.15, 0.2) is 0 Å². The van der Waals surface area contributed by atoms with Crippen molar-refractivity contribution < 1.29 is 4.79 Å². The van der Waals surface area contributed by atoms with E-state index in [2.05, 4.69) is 10.4 Å². The van der Waals surface area contributed by atoms with Crippen molar-refractivity contribution in [2.75, 3.05) is 5.73 Å². The normalized spacial score (nSPS) is 11.8. The minimum Gasteiger partial charge on any atom is -0.383 e. The topological polar surface area (TPSA) is 96.7 Å². The Morgan fingerprint density at radius 2 is 2.50 bits per heavy atom. The molecule has 3 N–H and O–H groups in total. The van der Waals surface area contributed by atoms with Crippen LogP contribution in [0.1, 0.15) is 17.3 Å². The molecule has 1 rings (SSSR count). The lowest BCUT2D eigenvalue weighted by molar-refractivity contribution is 0.0948. The number of carbonyl (C=O) groups excluding carboxylic acids is 1. The van der Waals surface area contributed by atoms with Gasteiger partial charge in [-0.25, -0.2) is 0 Å². The number of aryl methyl sites for hydroxylation is 1. The molecule has 0 saturated heterocycles. The van der Waals surface area contributed by atoms with E-state index < -0.39 is 6.04 Å². The highest BCUT2D eigenvalue weighted by Crippen LogP contribution is 2.08. The van der Waals surface area contributed by atoms with Gasteiger partial charge < -0.3 is 11.1 Å². The zero-order chi connectivity index (χ0) is 10.7. The monoisotopic (exact) mass is 193 g/mol. The van der Waals surface area contributed by atoms with Crippen LogP contribution in [0, 0.1) is 11.3 Å². The Morgan fingerprint density at radius 1 is 1.86 bits per heavy atom. The van der Waals surface area contributed by atoms with Gasteiger partial charge in [0.05, 0.1) is 12.3 Å². The van der Waals surface area contributed by atoms with Crippen molar-refractivity contribution in [3.63, 3.8) is 0 Å². The molecule has 0 aliphatic carbocycles. The molecule has 1 amide bonds. The van der Waals surface area contributed by atoms with Gasteiger partial charge in [-0.1, -0.05) is 0 Å². The van der Waals surface area contributed by atoms with E-state index in [1.54, 1.807) is 14.0 Å². The molecule has 0 aromatic carbocycles. The highest BCUT2D eigenvalue weighted by Gasteiger charge is 2.14. The summed E-state index contributed by atoms with van der Waals surface area (Å²) in [5, 5.41) is 14.8. The number of nitrogens with two attached hydrogens (primary N) is 1. The molecule has 0 aliphatic rings. The van der Waals surface area contributed by atoms with Crippen LogP contribution in [0.3, 0.4) is 0 Å². The minimum absolute atomic E-state index is 0.285. The van der Waals surface area contributed by atoms with Crippen LogP contribution in [0.25, 0.3) is 0 Å². The van der Waals surface area contributed by atoms with E-state index in [4.69, 9.17) is 11.0 Å². The predicted octanol–water partition coefficient (Wildman–Crippen LogP) is -0.356. The fourth-order valence-electron chi connectivity index (χ4n) is 0.929. The van der Waals surface area contributed by atoms with E-state index in [1.807, 2.05) is 6.07 Å². The van der Waals surface area contributed by atoms with E-state index >= 15 is 0 Å². The number of hydrogen-bond acceptors (Lipinski definition) is 4. The number of amides is 1. The molecule has 6 heteroatoms. The van der Waals surface area contributed by atoms with Crippen molar-refractivity contribution in [1.29, 1.82) is 5.26 Å². The summed E-state index contributed by atoms with van der Waals surface area (Å²) in [5.41, 5.74) is 5.86. The zero-order valence-corrected chi connectivity index (χ0v) is 7.98. The SMILES string of the molecule is C[C@H](C#N)NC(=O)c1cnn(C)c1N. The minimum atomic E-state index is -0.540. The number of nitrogen functional groups attached to an aromatic ring is 1. The van der Waals surface area contributed by atoms with Gasteiger partial charge in [-0.15, -0.1) is 0 Å². The molecule has 0 aliphatic heterocycles. The van der Waals surface area contributed by atoms with Crippen molar-refractivity contribution in [2.45, 2.75) is 13.0 Å². The Kier molecular flexibility index (Phi) is 2.72. The molecule has 0 saturated carbocycles. The first-order valence-corrected chi connectivity index (χ1v) is 4.04. The van der Waals surface area contributed by atoms with E-state index in [1.165, 1.54) is 10.9 Å². The largest absolute Gasteiger partial charge is 0.383 e. The molecule has 0 fully saturated rings. The molecule has 1 atom stereocenters. The molecule has 0 radical (unpaired) electrons. The van der Waals surface area contributed by atoms with Crippen LogP contribution < -0.4 is 11.1 Å². The van der Waals surface area contributed by atoms with Crippen LogP contribution in [-0.4, -0.2) is 21.7 Å². The molecule has 6 nitrogen and oxygen atoms in total. The Balaban J connectivity index is 2.81. The number of nitriles is 1. The highest BCUT2D eigenvalue weighted by molar-refractivity contribution is 5.98. The molecule has 1 heterocycles. The summed E-state index contributed by atoms with van der Waals surface area (Å²) in [6.07, 6.45) is 1.37. The van der Waals surface area contributed by atoms with Gasteiger partial charge in [0.1, 0.15) is 17.4 Å². The fraction of sp³-hybridized carbons (Fsp3) is 0.375. The van der Waals surface area contributed by atoms with Crippen LogP contribution in [0.2, 0.25) is 0 Å². The van der Waals surface area contributed by atoms with E-state index in [0.717, 1.165) is 0 Å². The highest BCUT2D eigenvalue weighted by atomic mass is 16.1. The lowest BCUT2D eigenvalue weighted by Gasteiger charge is -2.04. The first-order valence-electron chi connectivity index (χ1n) is 4.04. The van der Waals surface area contributed by atoms with Gasteiger partial charge >= 0.3 is 0 Å². The standard InChI is InChI=1S/C8H11N5O/c1-5(3-9)12-8(14)6-4-11-13(2)7(6)10/h4-5H,10H2,1-2H3,(H,12,14)/t5-/m1/s1. The third-order valence-electron chi connectivity index (χ3n) is 1.77. The number of nitrogens with one attached hydrogen (secondary N) is 1. The summed E-state index contributed by atoms with van der Waals surface area (Å²) in [4.78, 5) is 11.5. The number of nitrogens with zero attached hydrogens (tertiary/aromatic N) is 3. The maximum atomic E-state index is 11.5. The Bertz CT molecular complexity index is 389. The second-order valence-electron chi connectivity index (χ2n) is 2.89. The molecular formula is C8H11N5O. The van der Waals surface area contributed by atoms with Crippen molar-refractivity contribution in [2.24, 2.45) is 7.05 Å². The lowest BCUT2D eigenvalue weighted by Crippen LogP contribution is -2.31. The Morgan fingerprint density at radius 3 is 2.93 bits per heavy atom. The summed E-state index contributed by atoms with van der Waals surface area (Å²) >= 11 is 0. The van der Waals surface area contributed by atoms with Crippen molar-refractivity contribution in [1.82, 2.24) is 15.1 Å². The smallest absolute Gasteiger partial charge is 0.257 e. The van der Waals surface area contributed by atoms with Crippen LogP contribution in [0.15, 0.2) is 6.20 Å². The third-order valence-corrected chi connectivity index (χ3v) is 1.77. The Hall–Kier alpha value is -2.03. The number of anilines is 1. The van der Waals surface area contributed by atoms with Crippen molar-refractivity contribution in [3.8, 4) is 6.07 Å². The third kappa shape index (κ3) is 1.82. The van der Waals surface area contributed by atoms with E-state index in [9.17, 15) is 4.79 Å². The predicted molar refractivity (Wildman–Crippen MR) is 50.2 cm³/mol. The zero-order valence-electron chi connectivity index (χ0n) is 7.98. The molecule has 0 unspecified atom stereocenters. The second kappa shape index (κ2) is 3.79. The number of hydrogen-bond donors (Lipinski definition) is 2. The van der Waals surface area contributed by atoms with Gasteiger partial charge in [-0.05, 0) is 6.92 Å². The maximum absolute atomic E-state index is 11.5. The van der Waals surface area contributed by atoms with E-state index in [0.29, 0.717) is 0 Å². The molecule has 74 valence electrons. The quantitative estimate of drug-likeness (QED) is 0.670. The maximum Gasteiger partial charge on any atom is 0.257 e. The van der Waals surface area contributed by atoms with Crippen LogP contribution in [0.4, 0.5) is 5.82 Å². The van der Waals surface area contributed by atoms with Gasteiger partial charge in [0.25, 0.3) is 5.91 Å². The van der Waals surface area contributed by atoms with Crippen molar-refractivity contribution >= 4 is 11.7 Å². The molecular weight excluding hydrogens is 182 g/mol. The summed E-state index contributed by atoms with van der Waals surface area (Å²) in [6.45, 7) is 1.59. The average Bonchev–Trinajstić information content (AvgIpc) is 2.47. The molecule has 0 bridgehead atoms. The van der Waals surface area contributed by atoms with Gasteiger partial charge in [0.2, 0.25) is 0 Å². The average molecular weight is 193 g/mol. The van der Waals surface area contributed by atoms with Gasteiger partial charge in [-0.2, -0.15) is 10.4 Å². The Labute approximate surface area is 81.3 Å². The number of carbonyl (C=O) groups is 1. The van der Waals surface area contributed by atoms with Crippen LogP contribution in [-0.2, 0) is 7.05 Å². The first-order chi connectivity index (χ1) is 6.56. The summed E-state index contributed by atoms with van der Waals surface area (Å²) in [6, 6.07) is 1.35. The molecule has 1 aromatic heterocycles. The summed E-state index contributed by atoms with van der Waals surface area (Å²) in [7, 11) is 1.64. The van der Waals surface area contributed by atoms with Gasteiger partial charge in [-0.3, -0.25) is 9.48 Å². The van der Waals surface area contributed by atoms with Crippen LogP contribution >= 0.6 is 0 Å². The molecule has 0 spiro atoms. The van der Waals surface area contributed by atoms with Crippen LogP contribution in [0.5, 0.6) is 0 Å². The molecule has 1 aromatic rings. The van der Waals surface area contributed by atoms with Crippen molar-refractivity contribution in [3.05, 3.63) is 11.8 Å². The van der Waals surface area contributed by atoms with E-state index in [-0.39, 0.29) is 17.3 Å². The number of rotatable bonds is 2. The molecule has 14 heavy (non-hydrogen) atoms. The van der Waals surface area contributed by atoms with Gasteiger partial charge in [0, 0.05) is 7.05 Å². The number of aromatic nitrogens is 2. The fourth-order valence-corrected chi connectivity index (χ4v) is 0.929. The summed E-state index contributed by atoms with van der Waals surface area (Å²) in [5.74, 6) is -0.0997. The first kappa shape index (κ1) is 10.1. The summed E-state index contributed by atoms with van der Waals surface area (Å²) < 4.78 is 1.39. The lowest BCUT2D eigenvalue weighted by atomic mass is 10.3.